The molecule has 1 aromatic rings. The van der Waals surface area contributed by atoms with E-state index >= 15 is 0 Å². The van der Waals surface area contributed by atoms with Crippen LogP contribution in [0.4, 0.5) is 0 Å². The van der Waals surface area contributed by atoms with Gasteiger partial charge in [-0.2, -0.15) is 0 Å². The second-order valence-electron chi connectivity index (χ2n) is 6.43. The number of likely N-dealkylation sites (N-methyl/N-ethyl adjacent to an activating group) is 1. The number of carbonyl (C=O) groups is 2. The van der Waals surface area contributed by atoms with Crippen molar-refractivity contribution in [3.05, 3.63) is 24.3 Å². The number of ether oxygens (including phenoxy) is 2. The molecule has 6 nitrogen and oxygen atoms in total. The number of hydrogen-bond donors (Lipinski definition) is 1. The molecule has 23 heavy (non-hydrogen) atoms. The molecule has 0 radical (unpaired) electrons. The lowest BCUT2D eigenvalue weighted by Crippen LogP contribution is -2.53. The summed E-state index contributed by atoms with van der Waals surface area (Å²) in [5.41, 5.74) is -0.396. The standard InChI is InChI=1S/C17H24N2O4/c1-5-19(17(2,3)4)16(21)15(20)18-10-12-11-22-13-8-6-7-9-14(13)23-12/h6-9,12H,5,10-11H2,1-4H3,(H,18,20). The first kappa shape index (κ1) is 17.1. The van der Waals surface area contributed by atoms with Gasteiger partial charge in [0.05, 0.1) is 6.54 Å². The summed E-state index contributed by atoms with van der Waals surface area (Å²) in [6, 6.07) is 7.37. The molecule has 126 valence electrons. The Morgan fingerprint density at radius 3 is 2.52 bits per heavy atom. The molecule has 0 aromatic heterocycles. The zero-order valence-corrected chi connectivity index (χ0v) is 14.1. The van der Waals surface area contributed by atoms with Crippen LogP contribution in [0.5, 0.6) is 11.5 Å². The molecule has 1 aliphatic rings. The quantitative estimate of drug-likeness (QED) is 0.859. The zero-order chi connectivity index (χ0) is 17.0. The van der Waals surface area contributed by atoms with Gasteiger partial charge in [-0.15, -0.1) is 0 Å². The summed E-state index contributed by atoms with van der Waals surface area (Å²) in [4.78, 5) is 25.9. The number of rotatable bonds is 3. The highest BCUT2D eigenvalue weighted by Gasteiger charge is 2.30. The highest BCUT2D eigenvalue weighted by molar-refractivity contribution is 6.35. The second-order valence-corrected chi connectivity index (χ2v) is 6.43. The number of para-hydroxylation sites is 2. The van der Waals surface area contributed by atoms with Crippen molar-refractivity contribution in [2.75, 3.05) is 19.7 Å². The number of hydrogen-bond acceptors (Lipinski definition) is 4. The van der Waals surface area contributed by atoms with Gasteiger partial charge in [0.2, 0.25) is 0 Å². The molecule has 1 heterocycles. The molecule has 0 spiro atoms. The maximum atomic E-state index is 12.2. The predicted octanol–water partition coefficient (Wildman–Crippen LogP) is 1.59. The third-order valence-electron chi connectivity index (χ3n) is 3.62. The maximum Gasteiger partial charge on any atom is 0.312 e. The summed E-state index contributed by atoms with van der Waals surface area (Å²) in [5, 5.41) is 2.63. The summed E-state index contributed by atoms with van der Waals surface area (Å²) in [7, 11) is 0. The van der Waals surface area contributed by atoms with E-state index < -0.39 is 17.4 Å². The molecule has 0 bridgehead atoms. The van der Waals surface area contributed by atoms with E-state index in [0.717, 1.165) is 0 Å². The fourth-order valence-electron chi connectivity index (χ4n) is 2.49. The molecule has 0 saturated heterocycles. The van der Waals surface area contributed by atoms with E-state index in [1.54, 1.807) is 0 Å². The van der Waals surface area contributed by atoms with Gasteiger partial charge >= 0.3 is 11.8 Å². The van der Waals surface area contributed by atoms with Crippen LogP contribution in [0.1, 0.15) is 27.7 Å². The van der Waals surface area contributed by atoms with Gasteiger partial charge in [0.15, 0.2) is 11.5 Å². The highest BCUT2D eigenvalue weighted by atomic mass is 16.6. The SMILES string of the molecule is CCN(C(=O)C(=O)NCC1COc2ccccc2O1)C(C)(C)C. The van der Waals surface area contributed by atoms with Crippen LogP contribution in [0.2, 0.25) is 0 Å². The van der Waals surface area contributed by atoms with E-state index in [1.165, 1.54) is 4.90 Å². The van der Waals surface area contributed by atoms with E-state index in [1.807, 2.05) is 52.0 Å². The van der Waals surface area contributed by atoms with Crippen LogP contribution < -0.4 is 14.8 Å². The maximum absolute atomic E-state index is 12.2. The van der Waals surface area contributed by atoms with Gasteiger partial charge in [0.25, 0.3) is 0 Å². The number of nitrogens with one attached hydrogen (secondary N) is 1. The minimum absolute atomic E-state index is 0.223. The molecule has 1 aliphatic heterocycles. The molecule has 0 fully saturated rings. The van der Waals surface area contributed by atoms with Crippen LogP contribution in [0.15, 0.2) is 24.3 Å². The average Bonchev–Trinajstić information content (AvgIpc) is 2.51. The summed E-state index contributed by atoms with van der Waals surface area (Å²) in [6.45, 7) is 8.59. The van der Waals surface area contributed by atoms with Gasteiger partial charge in [-0.25, -0.2) is 0 Å². The van der Waals surface area contributed by atoms with Gasteiger partial charge in [-0.1, -0.05) is 12.1 Å². The molecular formula is C17H24N2O4. The molecule has 1 N–H and O–H groups in total. The lowest BCUT2D eigenvalue weighted by molar-refractivity contribution is -0.149. The number of amides is 2. The molecule has 0 saturated carbocycles. The van der Waals surface area contributed by atoms with E-state index in [4.69, 9.17) is 9.47 Å². The van der Waals surface area contributed by atoms with E-state index in [2.05, 4.69) is 5.32 Å². The largest absolute Gasteiger partial charge is 0.486 e. The molecular weight excluding hydrogens is 296 g/mol. The van der Waals surface area contributed by atoms with Crippen molar-refractivity contribution in [2.24, 2.45) is 0 Å². The van der Waals surface area contributed by atoms with Crippen molar-refractivity contribution in [3.8, 4) is 11.5 Å². The summed E-state index contributed by atoms with van der Waals surface area (Å²) < 4.78 is 11.3. The normalized spacial score (nSPS) is 16.6. The first-order chi connectivity index (χ1) is 10.8. The lowest BCUT2D eigenvalue weighted by atomic mass is 10.1. The van der Waals surface area contributed by atoms with Crippen LogP contribution in [0.3, 0.4) is 0 Å². The number of carbonyl (C=O) groups excluding carboxylic acids is 2. The summed E-state index contributed by atoms with van der Waals surface area (Å²) in [6.07, 6.45) is -0.314. The van der Waals surface area contributed by atoms with Crippen molar-refractivity contribution < 1.29 is 19.1 Å². The Kier molecular flexibility index (Phi) is 5.13. The van der Waals surface area contributed by atoms with E-state index in [9.17, 15) is 9.59 Å². The van der Waals surface area contributed by atoms with E-state index in [-0.39, 0.29) is 12.6 Å². The van der Waals surface area contributed by atoms with Crippen molar-refractivity contribution in [1.82, 2.24) is 10.2 Å². The fourth-order valence-corrected chi connectivity index (χ4v) is 2.49. The number of benzene rings is 1. The smallest absolute Gasteiger partial charge is 0.312 e. The fraction of sp³-hybridized carbons (Fsp3) is 0.529. The Bertz CT molecular complexity index is 580. The predicted molar refractivity (Wildman–Crippen MR) is 86.5 cm³/mol. The highest BCUT2D eigenvalue weighted by Crippen LogP contribution is 2.30. The lowest BCUT2D eigenvalue weighted by Gasteiger charge is -2.34. The Balaban J connectivity index is 1.89. The second kappa shape index (κ2) is 6.89. The van der Waals surface area contributed by atoms with Gasteiger partial charge in [0, 0.05) is 12.1 Å². The molecule has 0 aliphatic carbocycles. The van der Waals surface area contributed by atoms with Crippen LogP contribution in [-0.2, 0) is 9.59 Å². The van der Waals surface area contributed by atoms with Crippen molar-refractivity contribution in [1.29, 1.82) is 0 Å². The van der Waals surface area contributed by atoms with Crippen LogP contribution in [0.25, 0.3) is 0 Å². The van der Waals surface area contributed by atoms with Crippen LogP contribution in [-0.4, -0.2) is 48.1 Å². The summed E-state index contributed by atoms with van der Waals surface area (Å²) >= 11 is 0. The van der Waals surface area contributed by atoms with Crippen molar-refractivity contribution in [3.63, 3.8) is 0 Å². The molecule has 6 heteroatoms. The Morgan fingerprint density at radius 1 is 1.26 bits per heavy atom. The Morgan fingerprint density at radius 2 is 1.91 bits per heavy atom. The monoisotopic (exact) mass is 320 g/mol. The molecule has 2 rings (SSSR count). The molecule has 2 amide bonds. The molecule has 1 unspecified atom stereocenters. The summed E-state index contributed by atoms with van der Waals surface area (Å²) in [5.74, 6) is 0.187. The van der Waals surface area contributed by atoms with Crippen LogP contribution in [0, 0.1) is 0 Å². The molecule has 1 atom stereocenters. The average molecular weight is 320 g/mol. The topological polar surface area (TPSA) is 67.9 Å². The Labute approximate surface area is 136 Å². The third-order valence-corrected chi connectivity index (χ3v) is 3.62. The number of fused-ring (bicyclic) bond motifs is 1. The Hall–Kier alpha value is -2.24. The van der Waals surface area contributed by atoms with Crippen molar-refractivity contribution in [2.45, 2.75) is 39.3 Å². The third kappa shape index (κ3) is 4.15. The van der Waals surface area contributed by atoms with Gasteiger partial charge in [0.1, 0.15) is 12.7 Å². The number of nitrogens with zero attached hydrogens (tertiary/aromatic N) is 1. The van der Waals surface area contributed by atoms with Crippen molar-refractivity contribution >= 4 is 11.8 Å². The first-order valence-electron chi connectivity index (χ1n) is 7.81. The first-order valence-corrected chi connectivity index (χ1v) is 7.81. The van der Waals surface area contributed by atoms with Gasteiger partial charge < -0.3 is 19.7 Å². The van der Waals surface area contributed by atoms with Gasteiger partial charge in [-0.3, -0.25) is 9.59 Å². The van der Waals surface area contributed by atoms with E-state index in [0.29, 0.717) is 24.7 Å². The van der Waals surface area contributed by atoms with Gasteiger partial charge in [-0.05, 0) is 39.8 Å². The van der Waals surface area contributed by atoms with Crippen LogP contribution >= 0.6 is 0 Å². The molecule has 1 aromatic carbocycles. The minimum Gasteiger partial charge on any atom is -0.486 e. The zero-order valence-electron chi connectivity index (χ0n) is 14.1. The minimum atomic E-state index is -0.621.